The zero-order valence-corrected chi connectivity index (χ0v) is 33.3. The Morgan fingerprint density at radius 3 is 2.11 bits per heavy atom. The van der Waals surface area contributed by atoms with Gasteiger partial charge in [-0.05, 0) is 12.8 Å². The van der Waals surface area contributed by atoms with Crippen molar-refractivity contribution >= 4 is 78.5 Å². The quantitative estimate of drug-likeness (QED) is 0.0398. The molecule has 1 fully saturated rings. The summed E-state index contributed by atoms with van der Waals surface area (Å²) in [6, 6.07) is 3.30. The second kappa shape index (κ2) is 22.1. The molecule has 0 radical (unpaired) electrons. The van der Waals surface area contributed by atoms with E-state index in [2.05, 4.69) is 31.9 Å². The zero-order valence-electron chi connectivity index (χ0n) is 30.8. The number of benzene rings is 1. The molecule has 17 nitrogen and oxygen atoms in total. The number of carboxylic acid groups (broad SMARTS) is 1. The molecular weight excluding hydrogens is 775 g/mol. The molecule has 1 aliphatic heterocycles. The van der Waals surface area contributed by atoms with Gasteiger partial charge in [-0.25, -0.2) is 0 Å². The monoisotopic (exact) mass is 828 g/mol. The third-order valence-electron chi connectivity index (χ3n) is 8.11. The van der Waals surface area contributed by atoms with Gasteiger partial charge in [-0.3, -0.25) is 19.2 Å². The number of nitrogens with one attached hydrogen (secondary N) is 6. The number of nitrogens with two attached hydrogens (primary N) is 1. The maximum atomic E-state index is 13.9. The van der Waals surface area contributed by atoms with E-state index in [0.717, 1.165) is 16.2 Å². The van der Waals surface area contributed by atoms with Gasteiger partial charge in [0.2, 0.25) is 11.8 Å². The minimum Gasteiger partial charge on any atom is -0.480 e. The van der Waals surface area contributed by atoms with Gasteiger partial charge in [0.15, 0.2) is 0 Å². The summed E-state index contributed by atoms with van der Waals surface area (Å²) in [5.41, 5.74) is 5.80. The molecule has 1 saturated heterocycles. The van der Waals surface area contributed by atoms with Crippen LogP contribution >= 0.6 is 11.8 Å². The predicted molar refractivity (Wildman–Crippen MR) is 200 cm³/mol. The second-order valence-electron chi connectivity index (χ2n) is 13.0. The molecule has 53 heavy (non-hydrogen) atoms. The van der Waals surface area contributed by atoms with Gasteiger partial charge >= 0.3 is 206 Å². The van der Waals surface area contributed by atoms with E-state index in [9.17, 15) is 43.5 Å². The molecule has 1 aromatic rings. The molecule has 294 valence electrons. The summed E-state index contributed by atoms with van der Waals surface area (Å²) in [6.45, 7) is 9.01. The van der Waals surface area contributed by atoms with Gasteiger partial charge in [0.1, 0.15) is 12.1 Å². The third kappa shape index (κ3) is 15.0. The van der Waals surface area contributed by atoms with E-state index in [0.29, 0.717) is 12.8 Å². The van der Waals surface area contributed by atoms with E-state index < -0.39 is 90.1 Å². The topological polar surface area (TPSA) is 258 Å². The number of carbonyl (C=O) groups is 8. The first kappa shape index (κ1) is 45.0. The minimum absolute atomic E-state index is 0.0220. The average Bonchev–Trinajstić information content (AvgIpc) is 3.59. The van der Waals surface area contributed by atoms with Crippen LogP contribution in [-0.4, -0.2) is 133 Å². The number of hydrogen-bond acceptors (Lipinski definition) is 10. The predicted octanol–water partition coefficient (Wildman–Crippen LogP) is -2.19. The van der Waals surface area contributed by atoms with Gasteiger partial charge in [-0.15, -0.1) is 11.8 Å². The van der Waals surface area contributed by atoms with Crippen LogP contribution in [0.4, 0.5) is 0 Å². The standard InChI is InChI=1S/C34H52N8O9SSe/c1-18(2)27(32(48)38-20(4)34(50)51)40-30(46)24(16-52-17-37-22(6)43)39-26(44)15-36-31(47)25-13-10-14-42(25)33(49)28(41-29(45)19(3)35)21(5)53-23-11-8-7-9-12-23/h7-9,11-12,18-21,24-25,27-28H,10,13-17,35H2,1-6H3,(H,36,47)(H,37,43)(H,38,48)(H,39,44)(H,40,46)(H,41,45)(H,50,51)/t19-,20-,21-,24-,25-,27-,28-/m0/s1. The van der Waals surface area contributed by atoms with E-state index in [4.69, 9.17) is 5.73 Å². The molecular formula is C34H52N8O9SSe. The van der Waals surface area contributed by atoms with Crippen LogP contribution in [0.1, 0.15) is 54.4 Å². The molecule has 7 amide bonds. The van der Waals surface area contributed by atoms with Crippen molar-refractivity contribution in [2.75, 3.05) is 24.7 Å². The Morgan fingerprint density at radius 1 is 0.887 bits per heavy atom. The van der Waals surface area contributed by atoms with Crippen molar-refractivity contribution < 1.29 is 43.5 Å². The van der Waals surface area contributed by atoms with Crippen molar-refractivity contribution in [1.82, 2.24) is 36.8 Å². The fourth-order valence-corrected chi connectivity index (χ4v) is 8.25. The summed E-state index contributed by atoms with van der Waals surface area (Å²) in [6.07, 6.45) is 0.848. The summed E-state index contributed by atoms with van der Waals surface area (Å²) in [5, 5.41) is 24.5. The molecule has 1 aliphatic rings. The number of thioether (sulfide) groups is 1. The first-order chi connectivity index (χ1) is 24.9. The molecule has 0 aliphatic carbocycles. The summed E-state index contributed by atoms with van der Waals surface area (Å²) < 4.78 is 1.03. The Bertz CT molecular complexity index is 1470. The minimum atomic E-state index is -1.26. The summed E-state index contributed by atoms with van der Waals surface area (Å²) in [7, 11) is 0. The number of likely N-dealkylation sites (tertiary alicyclic amines) is 1. The Hall–Kier alpha value is -4.19. The summed E-state index contributed by atoms with van der Waals surface area (Å²) in [4.78, 5) is 103. The van der Waals surface area contributed by atoms with Crippen LogP contribution in [0.5, 0.6) is 0 Å². The van der Waals surface area contributed by atoms with Crippen LogP contribution in [0.3, 0.4) is 0 Å². The van der Waals surface area contributed by atoms with E-state index in [-0.39, 0.29) is 43.9 Å². The van der Waals surface area contributed by atoms with Crippen molar-refractivity contribution in [2.24, 2.45) is 11.7 Å². The smallest absolute Gasteiger partial charge is 0.480 e. The van der Waals surface area contributed by atoms with E-state index in [1.807, 2.05) is 37.3 Å². The molecule has 19 heteroatoms. The van der Waals surface area contributed by atoms with Gasteiger partial charge in [-0.2, -0.15) is 0 Å². The van der Waals surface area contributed by atoms with Crippen LogP contribution in [0.15, 0.2) is 30.3 Å². The fraction of sp³-hybridized carbons (Fsp3) is 0.588. The first-order valence-electron chi connectivity index (χ1n) is 17.2. The molecule has 7 atom stereocenters. The van der Waals surface area contributed by atoms with Crippen molar-refractivity contribution in [3.8, 4) is 0 Å². The Balaban J connectivity index is 2.14. The molecule has 0 spiro atoms. The molecule has 1 aromatic carbocycles. The Kier molecular flexibility index (Phi) is 18.8. The molecule has 0 unspecified atom stereocenters. The van der Waals surface area contributed by atoms with Gasteiger partial charge < -0.3 is 21.1 Å². The Labute approximate surface area is 320 Å². The second-order valence-corrected chi connectivity index (χ2v) is 17.1. The SMILES string of the molecule is CC(=O)NCSC[C@H](NC(=O)CNC(=O)[C@@H]1CCCN1C(=O)[C@@H](NC(=O)[C@H](C)N)[C@H](C)[Se]c1ccccc1)C(=O)N[C@H](C(=O)N[C@@H](C)C(=O)O)C(C)C. The summed E-state index contributed by atoms with van der Waals surface area (Å²) in [5.74, 6) is -5.63. The number of amides is 7. The number of hydrogen-bond donors (Lipinski definition) is 8. The van der Waals surface area contributed by atoms with Crippen LogP contribution in [-0.2, 0) is 38.4 Å². The van der Waals surface area contributed by atoms with Crippen LogP contribution < -0.4 is 42.1 Å². The van der Waals surface area contributed by atoms with Crippen molar-refractivity contribution in [2.45, 2.75) is 95.5 Å². The van der Waals surface area contributed by atoms with Crippen molar-refractivity contribution in [1.29, 1.82) is 0 Å². The van der Waals surface area contributed by atoms with E-state index in [1.165, 1.54) is 25.7 Å². The van der Waals surface area contributed by atoms with Crippen molar-refractivity contribution in [3.05, 3.63) is 30.3 Å². The molecule has 0 saturated carbocycles. The van der Waals surface area contributed by atoms with Gasteiger partial charge in [0.05, 0.1) is 5.88 Å². The maximum absolute atomic E-state index is 13.9. The van der Waals surface area contributed by atoms with Crippen LogP contribution in [0, 0.1) is 5.92 Å². The first-order valence-corrected chi connectivity index (χ1v) is 20.2. The third-order valence-corrected chi connectivity index (χ3v) is 11.5. The number of rotatable bonds is 20. The van der Waals surface area contributed by atoms with Crippen LogP contribution in [0.2, 0.25) is 4.82 Å². The Morgan fingerprint density at radius 2 is 1.53 bits per heavy atom. The van der Waals surface area contributed by atoms with Gasteiger partial charge in [0.25, 0.3) is 0 Å². The summed E-state index contributed by atoms with van der Waals surface area (Å²) >= 11 is 0.917. The molecule has 0 bridgehead atoms. The number of aliphatic carboxylic acids is 1. The molecule has 1 heterocycles. The molecule has 2 rings (SSSR count). The fourth-order valence-electron chi connectivity index (χ4n) is 5.12. The van der Waals surface area contributed by atoms with Crippen LogP contribution in [0.25, 0.3) is 0 Å². The van der Waals surface area contributed by atoms with Crippen molar-refractivity contribution in [3.63, 3.8) is 0 Å². The van der Waals surface area contributed by atoms with E-state index in [1.54, 1.807) is 13.8 Å². The number of carbonyl (C=O) groups excluding carboxylic acids is 7. The van der Waals surface area contributed by atoms with E-state index >= 15 is 0 Å². The van der Waals surface area contributed by atoms with Gasteiger partial charge in [-0.1, -0.05) is 13.8 Å². The number of nitrogens with zero attached hydrogens (tertiary/aromatic N) is 1. The average molecular weight is 828 g/mol. The normalized spacial score (nSPS) is 17.3. The zero-order chi connectivity index (χ0) is 39.8. The molecule has 0 aromatic heterocycles. The van der Waals surface area contributed by atoms with Gasteiger partial charge in [0, 0.05) is 6.92 Å². The molecule has 9 N–H and O–H groups in total. The number of carboxylic acids is 1.